The Morgan fingerprint density at radius 2 is 1.90 bits per heavy atom. The lowest BCUT2D eigenvalue weighted by Gasteiger charge is -2.08. The second-order valence-electron chi connectivity index (χ2n) is 4.78. The van der Waals surface area contributed by atoms with E-state index >= 15 is 0 Å². The van der Waals surface area contributed by atoms with E-state index in [-0.39, 0.29) is 0 Å². The van der Waals surface area contributed by atoms with Crippen LogP contribution in [-0.2, 0) is 0 Å². The molecule has 1 aromatic carbocycles. The lowest BCUT2D eigenvalue weighted by molar-refractivity contribution is 0.297. The average Bonchev–Trinajstić information content (AvgIpc) is 3.14. The van der Waals surface area contributed by atoms with Gasteiger partial charge in [0.1, 0.15) is 0 Å². The average molecular weight is 299 g/mol. The fraction of sp³-hybridized carbons (Fsp3) is 0.188. The third-order valence-electron chi connectivity index (χ3n) is 3.36. The second kappa shape index (κ2) is 5.26. The first-order valence-corrected chi connectivity index (χ1v) is 7.65. The predicted molar refractivity (Wildman–Crippen MR) is 80.9 cm³/mol. The summed E-state index contributed by atoms with van der Waals surface area (Å²) in [5.74, 6) is 2.43. The number of hydrogen-bond donors (Lipinski definition) is 0. The van der Waals surface area contributed by atoms with Gasteiger partial charge in [-0.1, -0.05) is 6.07 Å². The topological polar surface area (TPSA) is 44.5 Å². The van der Waals surface area contributed by atoms with Crippen LogP contribution in [0.4, 0.5) is 0 Å². The molecule has 1 aliphatic heterocycles. The first-order chi connectivity index (χ1) is 10.4. The molecule has 1 aliphatic rings. The molecule has 0 saturated heterocycles. The summed E-state index contributed by atoms with van der Waals surface area (Å²) in [6, 6.07) is 8.17. The molecule has 2 aromatic heterocycles. The second-order valence-corrected chi connectivity index (χ2v) is 5.69. The van der Waals surface area contributed by atoms with Crippen LogP contribution in [0.5, 0.6) is 11.5 Å². The Morgan fingerprint density at radius 1 is 1.00 bits per heavy atom. The van der Waals surface area contributed by atoms with Gasteiger partial charge < -0.3 is 13.9 Å². The Balaban J connectivity index is 1.69. The molecular formula is C16H13NO3S. The molecule has 0 atom stereocenters. The number of ether oxygens (including phenoxy) is 2. The van der Waals surface area contributed by atoms with E-state index in [2.05, 4.69) is 22.5 Å². The third kappa shape index (κ3) is 2.40. The summed E-state index contributed by atoms with van der Waals surface area (Å²) in [5, 5.41) is 2.11. The highest BCUT2D eigenvalue weighted by Crippen LogP contribution is 2.37. The van der Waals surface area contributed by atoms with Crippen LogP contribution in [0, 0.1) is 0 Å². The van der Waals surface area contributed by atoms with Gasteiger partial charge in [0.15, 0.2) is 23.7 Å². The molecule has 5 heteroatoms. The van der Waals surface area contributed by atoms with Crippen molar-refractivity contribution in [2.24, 2.45) is 0 Å². The van der Waals surface area contributed by atoms with Crippen LogP contribution in [0.3, 0.4) is 0 Å². The summed E-state index contributed by atoms with van der Waals surface area (Å²) in [5.41, 5.74) is 2.25. The van der Waals surface area contributed by atoms with Gasteiger partial charge in [0.05, 0.1) is 24.3 Å². The van der Waals surface area contributed by atoms with Gasteiger partial charge in [0.25, 0.3) is 0 Å². The highest BCUT2D eigenvalue weighted by atomic mass is 32.1. The number of nitrogens with zero attached hydrogens (tertiary/aromatic N) is 1. The van der Waals surface area contributed by atoms with E-state index in [0.717, 1.165) is 39.7 Å². The Kier molecular flexibility index (Phi) is 3.12. The summed E-state index contributed by atoms with van der Waals surface area (Å²) in [6.07, 6.45) is 4.09. The van der Waals surface area contributed by atoms with E-state index in [9.17, 15) is 0 Å². The summed E-state index contributed by atoms with van der Waals surface area (Å²) < 4.78 is 16.7. The molecule has 0 bridgehead atoms. The van der Waals surface area contributed by atoms with Gasteiger partial charge >= 0.3 is 0 Å². The van der Waals surface area contributed by atoms with Crippen LogP contribution in [-0.4, -0.2) is 18.2 Å². The molecule has 0 N–H and O–H groups in total. The molecule has 3 heterocycles. The molecule has 0 unspecified atom stereocenters. The van der Waals surface area contributed by atoms with Crippen LogP contribution in [0.15, 0.2) is 46.7 Å². The molecule has 0 amide bonds. The molecule has 4 nitrogen and oxygen atoms in total. The Bertz CT molecular complexity index is 749. The van der Waals surface area contributed by atoms with Crippen molar-refractivity contribution in [3.63, 3.8) is 0 Å². The molecule has 4 rings (SSSR count). The number of benzene rings is 1. The smallest absolute Gasteiger partial charge is 0.181 e. The highest BCUT2D eigenvalue weighted by Gasteiger charge is 2.13. The number of rotatable bonds is 2. The lowest BCUT2D eigenvalue weighted by Crippen LogP contribution is -1.97. The minimum Gasteiger partial charge on any atom is -0.490 e. The maximum Gasteiger partial charge on any atom is 0.181 e. The summed E-state index contributed by atoms with van der Waals surface area (Å²) in [6.45, 7) is 1.41. The number of hydrogen-bond acceptors (Lipinski definition) is 5. The maximum atomic E-state index is 5.74. The molecule has 3 aromatic rings. The lowest BCUT2D eigenvalue weighted by atomic mass is 10.1. The number of thiophene rings is 1. The summed E-state index contributed by atoms with van der Waals surface area (Å²) in [4.78, 5) is 5.02. The van der Waals surface area contributed by atoms with E-state index in [0.29, 0.717) is 13.2 Å². The molecular weight excluding hydrogens is 286 g/mol. The van der Waals surface area contributed by atoms with Gasteiger partial charge in [-0.2, -0.15) is 0 Å². The van der Waals surface area contributed by atoms with Crippen molar-refractivity contribution < 1.29 is 13.9 Å². The molecule has 0 aliphatic carbocycles. The van der Waals surface area contributed by atoms with Gasteiger partial charge in [-0.05, 0) is 34.7 Å². The first kappa shape index (κ1) is 12.5. The fourth-order valence-corrected chi connectivity index (χ4v) is 3.17. The van der Waals surface area contributed by atoms with Gasteiger partial charge in [0.2, 0.25) is 0 Å². The largest absolute Gasteiger partial charge is 0.490 e. The van der Waals surface area contributed by atoms with Crippen LogP contribution >= 0.6 is 11.3 Å². The first-order valence-electron chi connectivity index (χ1n) is 6.77. The summed E-state index contributed by atoms with van der Waals surface area (Å²) in [7, 11) is 0. The quantitative estimate of drug-likeness (QED) is 0.710. The number of aromatic nitrogens is 1. The summed E-state index contributed by atoms with van der Waals surface area (Å²) >= 11 is 1.64. The van der Waals surface area contributed by atoms with Gasteiger partial charge in [0, 0.05) is 6.42 Å². The SMILES string of the molecule is c1ncc(-c2cc(-c3ccc4c(c3)OCCCO4)cs2)o1. The van der Waals surface area contributed by atoms with E-state index in [1.165, 1.54) is 6.39 Å². The van der Waals surface area contributed by atoms with Crippen LogP contribution in [0.1, 0.15) is 6.42 Å². The van der Waals surface area contributed by atoms with Crippen molar-refractivity contribution in [3.05, 3.63) is 42.2 Å². The number of oxazole rings is 1. The molecule has 106 valence electrons. The van der Waals surface area contributed by atoms with Crippen molar-refractivity contribution in [2.75, 3.05) is 13.2 Å². The monoisotopic (exact) mass is 299 g/mol. The fourth-order valence-electron chi connectivity index (χ4n) is 2.30. The maximum absolute atomic E-state index is 5.74. The molecule has 0 fully saturated rings. The van der Waals surface area contributed by atoms with Gasteiger partial charge in [-0.15, -0.1) is 11.3 Å². The van der Waals surface area contributed by atoms with Gasteiger partial charge in [-0.25, -0.2) is 4.98 Å². The van der Waals surface area contributed by atoms with Crippen LogP contribution in [0.25, 0.3) is 21.8 Å². The van der Waals surface area contributed by atoms with E-state index in [1.54, 1.807) is 17.5 Å². The molecule has 0 radical (unpaired) electrons. The Morgan fingerprint density at radius 3 is 2.76 bits per heavy atom. The van der Waals surface area contributed by atoms with Crippen molar-refractivity contribution in [2.45, 2.75) is 6.42 Å². The van der Waals surface area contributed by atoms with Crippen LogP contribution in [0.2, 0.25) is 0 Å². The predicted octanol–water partition coefficient (Wildman–Crippen LogP) is 4.23. The van der Waals surface area contributed by atoms with Crippen molar-refractivity contribution in [1.29, 1.82) is 0 Å². The van der Waals surface area contributed by atoms with E-state index < -0.39 is 0 Å². The Hall–Kier alpha value is -2.27. The third-order valence-corrected chi connectivity index (χ3v) is 4.30. The van der Waals surface area contributed by atoms with Crippen molar-refractivity contribution in [1.82, 2.24) is 4.98 Å². The minimum absolute atomic E-state index is 0.698. The number of fused-ring (bicyclic) bond motifs is 1. The normalized spacial score (nSPS) is 13.9. The zero-order valence-corrected chi connectivity index (χ0v) is 12.1. The van der Waals surface area contributed by atoms with Crippen LogP contribution < -0.4 is 9.47 Å². The molecule has 0 spiro atoms. The highest BCUT2D eigenvalue weighted by molar-refractivity contribution is 7.13. The minimum atomic E-state index is 0.698. The molecule has 21 heavy (non-hydrogen) atoms. The van der Waals surface area contributed by atoms with Gasteiger partial charge in [-0.3, -0.25) is 0 Å². The zero-order chi connectivity index (χ0) is 14.1. The van der Waals surface area contributed by atoms with Crippen molar-refractivity contribution in [3.8, 4) is 33.3 Å². The van der Waals surface area contributed by atoms with E-state index in [1.807, 2.05) is 12.1 Å². The zero-order valence-electron chi connectivity index (χ0n) is 11.2. The molecule has 0 saturated carbocycles. The standard InChI is InChI=1S/C16H13NO3S/c1-4-18-13-3-2-11(6-14(13)19-5-1)12-7-16(21-9-12)15-8-17-10-20-15/h2-3,6-10H,1,4-5H2. The van der Waals surface area contributed by atoms with E-state index in [4.69, 9.17) is 13.9 Å². The Labute approximate surface area is 126 Å². The van der Waals surface area contributed by atoms with Crippen molar-refractivity contribution >= 4 is 11.3 Å².